The normalized spacial score (nSPS) is 16.9. The maximum atomic E-state index is 8.70. The molecule has 84 valence electrons. The molecule has 1 fully saturated rings. The van der Waals surface area contributed by atoms with Gasteiger partial charge in [0.2, 0.25) is 0 Å². The van der Waals surface area contributed by atoms with E-state index in [0.29, 0.717) is 0 Å². The number of nitrogens with zero attached hydrogens (tertiary/aromatic N) is 1. The van der Waals surface area contributed by atoms with Gasteiger partial charge in [0.1, 0.15) is 0 Å². The van der Waals surface area contributed by atoms with Crippen molar-refractivity contribution in [3.63, 3.8) is 0 Å². The summed E-state index contributed by atoms with van der Waals surface area (Å²) in [5.41, 5.74) is 2.07. The zero-order valence-corrected chi connectivity index (χ0v) is 10.1. The average molecular weight is 232 g/mol. The Morgan fingerprint density at radius 2 is 1.94 bits per heavy atom. The summed E-state index contributed by atoms with van der Waals surface area (Å²) in [4.78, 5) is 0. The molecule has 0 spiro atoms. The third kappa shape index (κ3) is 3.26. The second-order valence-corrected chi connectivity index (χ2v) is 5.36. The van der Waals surface area contributed by atoms with E-state index < -0.39 is 0 Å². The summed E-state index contributed by atoms with van der Waals surface area (Å²) in [6.07, 6.45) is 2.56. The Morgan fingerprint density at radius 1 is 1.25 bits per heavy atom. The van der Waals surface area contributed by atoms with Crippen molar-refractivity contribution in [2.24, 2.45) is 0 Å². The van der Waals surface area contributed by atoms with Crippen LogP contribution in [0.2, 0.25) is 0 Å². The molecular weight excluding hydrogens is 216 g/mol. The lowest BCUT2D eigenvalue weighted by Crippen LogP contribution is -2.29. The van der Waals surface area contributed by atoms with E-state index in [9.17, 15) is 0 Å². The van der Waals surface area contributed by atoms with Crippen LogP contribution in [0, 0.1) is 11.3 Å². The van der Waals surface area contributed by atoms with E-state index in [0.717, 1.165) is 29.7 Å². The molecule has 2 nitrogen and oxygen atoms in total. The minimum atomic E-state index is 0.746. The fourth-order valence-corrected chi connectivity index (χ4v) is 3.04. The van der Waals surface area contributed by atoms with E-state index in [4.69, 9.17) is 5.26 Å². The fraction of sp³-hybridized carbons (Fsp3) is 0.462. The van der Waals surface area contributed by atoms with Gasteiger partial charge in [0.25, 0.3) is 0 Å². The van der Waals surface area contributed by atoms with Gasteiger partial charge in [-0.05, 0) is 43.6 Å². The fourth-order valence-electron chi connectivity index (χ4n) is 1.85. The third-order valence-corrected chi connectivity index (χ3v) is 4.30. The third-order valence-electron chi connectivity index (χ3n) is 2.85. The molecule has 0 unspecified atom stereocenters. The number of thioether (sulfide) groups is 1. The summed E-state index contributed by atoms with van der Waals surface area (Å²) in [5.74, 6) is 1.07. The monoisotopic (exact) mass is 232 g/mol. The van der Waals surface area contributed by atoms with Gasteiger partial charge in [-0.2, -0.15) is 17.0 Å². The van der Waals surface area contributed by atoms with Crippen molar-refractivity contribution in [3.8, 4) is 6.07 Å². The van der Waals surface area contributed by atoms with E-state index >= 15 is 0 Å². The Morgan fingerprint density at radius 3 is 2.56 bits per heavy atom. The SMILES string of the molecule is N#Cc1ccc(CSC2CCNCC2)cc1. The maximum absolute atomic E-state index is 8.70. The highest BCUT2D eigenvalue weighted by molar-refractivity contribution is 7.99. The molecule has 3 heteroatoms. The lowest BCUT2D eigenvalue weighted by molar-refractivity contribution is 0.531. The summed E-state index contributed by atoms with van der Waals surface area (Å²) in [6, 6.07) is 10.1. The number of hydrogen-bond donors (Lipinski definition) is 1. The molecule has 1 heterocycles. The number of rotatable bonds is 3. The summed E-state index contributed by atoms with van der Waals surface area (Å²) in [7, 11) is 0. The Balaban J connectivity index is 1.82. The molecule has 0 aromatic heterocycles. The maximum Gasteiger partial charge on any atom is 0.0991 e. The van der Waals surface area contributed by atoms with Gasteiger partial charge in [0, 0.05) is 11.0 Å². The topological polar surface area (TPSA) is 35.8 Å². The number of nitriles is 1. The molecule has 1 saturated heterocycles. The second-order valence-electron chi connectivity index (χ2n) is 4.07. The molecule has 1 aliphatic heterocycles. The van der Waals surface area contributed by atoms with E-state index in [1.807, 2.05) is 23.9 Å². The van der Waals surface area contributed by atoms with Crippen molar-refractivity contribution in [3.05, 3.63) is 35.4 Å². The number of piperidine rings is 1. The largest absolute Gasteiger partial charge is 0.317 e. The molecule has 0 atom stereocenters. The first-order chi connectivity index (χ1) is 7.88. The van der Waals surface area contributed by atoms with Gasteiger partial charge < -0.3 is 5.32 Å². The predicted molar refractivity (Wildman–Crippen MR) is 68.3 cm³/mol. The van der Waals surface area contributed by atoms with Crippen molar-refractivity contribution in [2.45, 2.75) is 23.8 Å². The van der Waals surface area contributed by atoms with Crippen molar-refractivity contribution >= 4 is 11.8 Å². The van der Waals surface area contributed by atoms with Gasteiger partial charge in [0.05, 0.1) is 11.6 Å². The molecule has 0 amide bonds. The molecule has 0 aliphatic carbocycles. The molecule has 0 bridgehead atoms. The minimum Gasteiger partial charge on any atom is -0.317 e. The van der Waals surface area contributed by atoms with Crippen LogP contribution < -0.4 is 5.32 Å². The van der Waals surface area contributed by atoms with Crippen LogP contribution in [0.15, 0.2) is 24.3 Å². The Labute approximate surface area is 101 Å². The number of hydrogen-bond acceptors (Lipinski definition) is 3. The van der Waals surface area contributed by atoms with Crippen LogP contribution >= 0.6 is 11.8 Å². The zero-order chi connectivity index (χ0) is 11.2. The molecule has 0 saturated carbocycles. The van der Waals surface area contributed by atoms with Gasteiger partial charge in [-0.1, -0.05) is 12.1 Å². The molecule has 1 N–H and O–H groups in total. The van der Waals surface area contributed by atoms with Crippen LogP contribution in [0.3, 0.4) is 0 Å². The first kappa shape index (κ1) is 11.5. The molecule has 16 heavy (non-hydrogen) atoms. The van der Waals surface area contributed by atoms with Crippen molar-refractivity contribution in [2.75, 3.05) is 13.1 Å². The lowest BCUT2D eigenvalue weighted by atomic mass is 10.2. The predicted octanol–water partition coefficient (Wildman–Crippen LogP) is 2.54. The van der Waals surface area contributed by atoms with Crippen LogP contribution in [0.5, 0.6) is 0 Å². The van der Waals surface area contributed by atoms with Gasteiger partial charge in [-0.3, -0.25) is 0 Å². The van der Waals surface area contributed by atoms with E-state index in [1.165, 1.54) is 18.4 Å². The van der Waals surface area contributed by atoms with Gasteiger partial charge in [-0.25, -0.2) is 0 Å². The molecule has 1 aliphatic rings. The highest BCUT2D eigenvalue weighted by Gasteiger charge is 2.12. The lowest BCUT2D eigenvalue weighted by Gasteiger charge is -2.21. The van der Waals surface area contributed by atoms with Gasteiger partial charge >= 0.3 is 0 Å². The van der Waals surface area contributed by atoms with Crippen LogP contribution in [-0.2, 0) is 5.75 Å². The van der Waals surface area contributed by atoms with Crippen molar-refractivity contribution in [1.82, 2.24) is 5.32 Å². The van der Waals surface area contributed by atoms with Crippen LogP contribution in [0.4, 0.5) is 0 Å². The smallest absolute Gasteiger partial charge is 0.0991 e. The summed E-state index contributed by atoms with van der Waals surface area (Å²) in [6.45, 7) is 2.32. The van der Waals surface area contributed by atoms with Crippen LogP contribution in [-0.4, -0.2) is 18.3 Å². The highest BCUT2D eigenvalue weighted by Crippen LogP contribution is 2.24. The average Bonchev–Trinajstić information content (AvgIpc) is 2.38. The quantitative estimate of drug-likeness (QED) is 0.870. The molecule has 1 aromatic rings. The Hall–Kier alpha value is -0.980. The Bertz CT molecular complexity index is 361. The Kier molecular flexibility index (Phi) is 4.26. The standard InChI is InChI=1S/C13H16N2S/c14-9-11-1-3-12(4-2-11)10-16-13-5-7-15-8-6-13/h1-4,13,15H,5-8,10H2. The van der Waals surface area contributed by atoms with E-state index in [1.54, 1.807) is 0 Å². The van der Waals surface area contributed by atoms with Crippen LogP contribution in [0.1, 0.15) is 24.0 Å². The van der Waals surface area contributed by atoms with Gasteiger partial charge in [0.15, 0.2) is 0 Å². The van der Waals surface area contributed by atoms with Crippen LogP contribution in [0.25, 0.3) is 0 Å². The van der Waals surface area contributed by atoms with Gasteiger partial charge in [-0.15, -0.1) is 0 Å². The highest BCUT2D eigenvalue weighted by atomic mass is 32.2. The molecule has 1 aromatic carbocycles. The minimum absolute atomic E-state index is 0.746. The molecule has 0 radical (unpaired) electrons. The van der Waals surface area contributed by atoms with E-state index in [-0.39, 0.29) is 0 Å². The van der Waals surface area contributed by atoms with E-state index in [2.05, 4.69) is 23.5 Å². The summed E-state index contributed by atoms with van der Waals surface area (Å²) >= 11 is 2.04. The number of benzene rings is 1. The summed E-state index contributed by atoms with van der Waals surface area (Å²) < 4.78 is 0. The second kappa shape index (κ2) is 5.93. The first-order valence-electron chi connectivity index (χ1n) is 5.70. The summed E-state index contributed by atoms with van der Waals surface area (Å²) in [5, 5.41) is 12.9. The first-order valence-corrected chi connectivity index (χ1v) is 6.75. The molecular formula is C13H16N2S. The molecule has 2 rings (SSSR count). The number of nitrogens with one attached hydrogen (secondary N) is 1. The van der Waals surface area contributed by atoms with Crippen molar-refractivity contribution in [1.29, 1.82) is 5.26 Å². The van der Waals surface area contributed by atoms with Crippen molar-refractivity contribution < 1.29 is 0 Å². The zero-order valence-electron chi connectivity index (χ0n) is 9.28.